The van der Waals surface area contributed by atoms with Crippen LogP contribution in [0.5, 0.6) is 0 Å². The fourth-order valence-corrected chi connectivity index (χ4v) is 3.97. The zero-order chi connectivity index (χ0) is 19.3. The number of likely N-dealkylation sites (tertiary alicyclic amines) is 1. The molecule has 1 N–H and O–H groups in total. The van der Waals surface area contributed by atoms with Gasteiger partial charge in [0.2, 0.25) is 0 Å². The molecule has 0 radical (unpaired) electrons. The van der Waals surface area contributed by atoms with Crippen LogP contribution in [-0.4, -0.2) is 82.8 Å². The third-order valence-electron chi connectivity index (χ3n) is 5.57. The number of nitrogens with zero attached hydrogens (tertiary/aromatic N) is 6. The van der Waals surface area contributed by atoms with Crippen molar-refractivity contribution in [3.8, 4) is 5.82 Å². The van der Waals surface area contributed by atoms with E-state index in [-0.39, 0.29) is 0 Å². The van der Waals surface area contributed by atoms with E-state index in [2.05, 4.69) is 36.1 Å². The number of ether oxygens (including phenoxy) is 1. The number of guanidine groups is 1. The molecule has 0 saturated carbocycles. The van der Waals surface area contributed by atoms with Gasteiger partial charge in [-0.15, -0.1) is 0 Å². The lowest BCUT2D eigenvalue weighted by Gasteiger charge is -2.32. The van der Waals surface area contributed by atoms with Gasteiger partial charge >= 0.3 is 0 Å². The van der Waals surface area contributed by atoms with Gasteiger partial charge in [0.25, 0.3) is 0 Å². The summed E-state index contributed by atoms with van der Waals surface area (Å²) in [5.74, 6) is 2.78. The number of hydrogen-bond acceptors (Lipinski definition) is 5. The summed E-state index contributed by atoms with van der Waals surface area (Å²) in [5.41, 5.74) is 1.13. The Morgan fingerprint density at radius 2 is 2.11 bits per heavy atom. The molecule has 2 saturated heterocycles. The van der Waals surface area contributed by atoms with Gasteiger partial charge < -0.3 is 15.0 Å². The number of rotatable bonds is 4. The van der Waals surface area contributed by atoms with Gasteiger partial charge in [-0.25, -0.2) is 9.97 Å². The molecule has 0 aromatic carbocycles. The molecule has 8 nitrogen and oxygen atoms in total. The predicted octanol–water partition coefficient (Wildman–Crippen LogP) is 1.06. The van der Waals surface area contributed by atoms with Crippen LogP contribution < -0.4 is 5.32 Å². The molecule has 1 unspecified atom stereocenters. The van der Waals surface area contributed by atoms with Gasteiger partial charge in [0, 0.05) is 64.4 Å². The van der Waals surface area contributed by atoms with Crippen molar-refractivity contribution < 1.29 is 4.74 Å². The molecule has 0 bridgehead atoms. The Labute approximate surface area is 166 Å². The van der Waals surface area contributed by atoms with Crippen molar-refractivity contribution in [1.82, 2.24) is 29.7 Å². The van der Waals surface area contributed by atoms with E-state index in [9.17, 15) is 0 Å². The summed E-state index contributed by atoms with van der Waals surface area (Å²) in [7, 11) is 1.85. The molecule has 4 heterocycles. The van der Waals surface area contributed by atoms with Crippen molar-refractivity contribution in [2.45, 2.75) is 25.9 Å². The summed E-state index contributed by atoms with van der Waals surface area (Å²) in [5, 5.41) is 3.49. The molecular weight excluding hydrogens is 354 g/mol. The molecule has 4 rings (SSSR count). The lowest BCUT2D eigenvalue weighted by molar-refractivity contribution is 0.0195. The Balaban J connectivity index is 1.31. The van der Waals surface area contributed by atoms with E-state index in [4.69, 9.17) is 4.74 Å². The maximum Gasteiger partial charge on any atom is 0.193 e. The van der Waals surface area contributed by atoms with Gasteiger partial charge in [-0.1, -0.05) is 6.07 Å². The molecule has 2 aliphatic heterocycles. The summed E-state index contributed by atoms with van der Waals surface area (Å²) < 4.78 is 7.46. The first-order valence-electron chi connectivity index (χ1n) is 9.97. The Morgan fingerprint density at radius 1 is 1.25 bits per heavy atom. The summed E-state index contributed by atoms with van der Waals surface area (Å²) in [6.07, 6.45) is 6.81. The van der Waals surface area contributed by atoms with Crippen LogP contribution in [0.1, 0.15) is 17.8 Å². The first-order chi connectivity index (χ1) is 13.7. The van der Waals surface area contributed by atoms with E-state index in [1.165, 1.54) is 6.42 Å². The number of aromatic nitrogens is 3. The molecule has 0 spiro atoms. The Kier molecular flexibility index (Phi) is 5.87. The lowest BCUT2D eigenvalue weighted by Crippen LogP contribution is -2.46. The highest BCUT2D eigenvalue weighted by Gasteiger charge is 2.30. The van der Waals surface area contributed by atoms with E-state index in [0.717, 1.165) is 62.6 Å². The Morgan fingerprint density at radius 3 is 2.79 bits per heavy atom. The number of morpholine rings is 1. The topological polar surface area (TPSA) is 70.8 Å². The average Bonchev–Trinajstić information content (AvgIpc) is 3.39. The van der Waals surface area contributed by atoms with Crippen LogP contribution >= 0.6 is 0 Å². The molecule has 1 atom stereocenters. The Hall–Kier alpha value is -2.45. The van der Waals surface area contributed by atoms with Crippen molar-refractivity contribution >= 4 is 5.96 Å². The number of imidazole rings is 1. The van der Waals surface area contributed by atoms with Crippen molar-refractivity contribution in [1.29, 1.82) is 0 Å². The van der Waals surface area contributed by atoms with Crippen LogP contribution in [0.15, 0.2) is 35.7 Å². The second-order valence-corrected chi connectivity index (χ2v) is 7.31. The van der Waals surface area contributed by atoms with Crippen LogP contribution in [0.2, 0.25) is 0 Å². The highest BCUT2D eigenvalue weighted by Crippen LogP contribution is 2.17. The van der Waals surface area contributed by atoms with Gasteiger partial charge in [0.1, 0.15) is 11.6 Å². The highest BCUT2D eigenvalue weighted by molar-refractivity contribution is 5.80. The standard InChI is InChI=1S/C20H29N7O/c1-16-22-6-8-27(16)19-4-3-17(13-23-19)14-24-20(21-2)26-7-5-18(15-26)25-9-11-28-12-10-25/h3-4,6,8,13,18H,5,7,9-12,14-15H2,1-2H3,(H,21,24). The summed E-state index contributed by atoms with van der Waals surface area (Å²) in [4.78, 5) is 18.2. The van der Waals surface area contributed by atoms with Crippen molar-refractivity contribution in [3.05, 3.63) is 42.1 Å². The van der Waals surface area contributed by atoms with E-state index in [0.29, 0.717) is 12.6 Å². The van der Waals surface area contributed by atoms with E-state index >= 15 is 0 Å². The van der Waals surface area contributed by atoms with Gasteiger partial charge in [0.05, 0.1) is 13.2 Å². The molecule has 2 aromatic rings. The number of pyridine rings is 1. The molecule has 2 fully saturated rings. The minimum Gasteiger partial charge on any atom is -0.379 e. The van der Waals surface area contributed by atoms with Gasteiger partial charge in [-0.05, 0) is 25.0 Å². The largest absolute Gasteiger partial charge is 0.379 e. The molecular formula is C20H29N7O. The van der Waals surface area contributed by atoms with Crippen LogP contribution in [0.3, 0.4) is 0 Å². The molecule has 0 aliphatic carbocycles. The second kappa shape index (κ2) is 8.70. The summed E-state index contributed by atoms with van der Waals surface area (Å²) in [6.45, 7) is 8.53. The average molecular weight is 384 g/mol. The highest BCUT2D eigenvalue weighted by atomic mass is 16.5. The smallest absolute Gasteiger partial charge is 0.193 e. The maximum atomic E-state index is 5.48. The molecule has 0 amide bonds. The zero-order valence-electron chi connectivity index (χ0n) is 16.7. The van der Waals surface area contributed by atoms with Gasteiger partial charge in [-0.3, -0.25) is 14.5 Å². The quantitative estimate of drug-likeness (QED) is 0.629. The van der Waals surface area contributed by atoms with Crippen LogP contribution in [0.4, 0.5) is 0 Å². The van der Waals surface area contributed by atoms with E-state index in [1.54, 1.807) is 6.20 Å². The van der Waals surface area contributed by atoms with Crippen LogP contribution in [0, 0.1) is 6.92 Å². The fourth-order valence-electron chi connectivity index (χ4n) is 3.97. The third kappa shape index (κ3) is 4.18. The molecule has 2 aromatic heterocycles. The van der Waals surface area contributed by atoms with Crippen LogP contribution in [0.25, 0.3) is 5.82 Å². The summed E-state index contributed by atoms with van der Waals surface area (Å²) >= 11 is 0. The van der Waals surface area contributed by atoms with E-state index in [1.807, 2.05) is 37.0 Å². The number of aliphatic imine (C=N–C) groups is 1. The normalized spacial score (nSPS) is 21.3. The van der Waals surface area contributed by atoms with Crippen molar-refractivity contribution in [2.75, 3.05) is 46.4 Å². The number of hydrogen-bond donors (Lipinski definition) is 1. The fraction of sp³-hybridized carbons (Fsp3) is 0.550. The van der Waals surface area contributed by atoms with E-state index < -0.39 is 0 Å². The first kappa shape index (κ1) is 18.9. The molecule has 28 heavy (non-hydrogen) atoms. The zero-order valence-corrected chi connectivity index (χ0v) is 16.7. The van der Waals surface area contributed by atoms with Crippen LogP contribution in [-0.2, 0) is 11.3 Å². The minimum atomic E-state index is 0.599. The summed E-state index contributed by atoms with van der Waals surface area (Å²) in [6, 6.07) is 4.73. The van der Waals surface area contributed by atoms with Gasteiger partial charge in [-0.2, -0.15) is 0 Å². The molecule has 8 heteroatoms. The predicted molar refractivity (Wildman–Crippen MR) is 109 cm³/mol. The maximum absolute atomic E-state index is 5.48. The van der Waals surface area contributed by atoms with Gasteiger partial charge in [0.15, 0.2) is 5.96 Å². The van der Waals surface area contributed by atoms with Crippen molar-refractivity contribution in [2.24, 2.45) is 4.99 Å². The monoisotopic (exact) mass is 383 g/mol. The first-order valence-corrected chi connectivity index (χ1v) is 9.97. The Bertz CT molecular complexity index is 795. The SMILES string of the molecule is CN=C(NCc1ccc(-n2ccnc2C)nc1)N1CCC(N2CCOCC2)C1. The second-order valence-electron chi connectivity index (χ2n) is 7.31. The lowest BCUT2D eigenvalue weighted by atomic mass is 10.2. The van der Waals surface area contributed by atoms with Crippen molar-refractivity contribution in [3.63, 3.8) is 0 Å². The molecule has 150 valence electrons. The number of aryl methyl sites for hydroxylation is 1. The molecule has 2 aliphatic rings. The minimum absolute atomic E-state index is 0.599. The third-order valence-corrected chi connectivity index (χ3v) is 5.57. The number of nitrogens with one attached hydrogen (secondary N) is 1.